The van der Waals surface area contributed by atoms with Gasteiger partial charge >= 0.3 is 0 Å². The van der Waals surface area contributed by atoms with Crippen LogP contribution in [0.1, 0.15) is 36.5 Å². The number of ether oxygens (including phenoxy) is 1. The van der Waals surface area contributed by atoms with E-state index in [0.29, 0.717) is 12.1 Å². The van der Waals surface area contributed by atoms with Crippen molar-refractivity contribution in [3.05, 3.63) is 48.2 Å². The zero-order chi connectivity index (χ0) is 20.2. The van der Waals surface area contributed by atoms with Gasteiger partial charge in [0, 0.05) is 32.9 Å². The number of para-hydroxylation sites is 2. The van der Waals surface area contributed by atoms with Gasteiger partial charge in [-0.2, -0.15) is 0 Å². The Hall–Kier alpha value is -2.76. The second-order valence-corrected chi connectivity index (χ2v) is 7.85. The number of hydrogen-bond acceptors (Lipinski definition) is 5. The molecule has 1 unspecified atom stereocenters. The molecule has 0 N–H and O–H groups in total. The SMILES string of the molecule is CCN1CC(CN(C)C(=O)c2cccnc2N2CCCCC2)Oc2ccccc21. The maximum absolute atomic E-state index is 13.3. The predicted octanol–water partition coefficient (Wildman–Crippen LogP) is 3.43. The number of carbonyl (C=O) groups is 1. The number of aromatic nitrogens is 1. The van der Waals surface area contributed by atoms with Crippen LogP contribution in [0, 0.1) is 0 Å². The summed E-state index contributed by atoms with van der Waals surface area (Å²) < 4.78 is 6.21. The average Bonchev–Trinajstić information content (AvgIpc) is 2.78. The predicted molar refractivity (Wildman–Crippen MR) is 116 cm³/mol. The molecule has 1 aromatic carbocycles. The molecule has 2 aliphatic rings. The maximum atomic E-state index is 13.3. The summed E-state index contributed by atoms with van der Waals surface area (Å²) in [6.45, 7) is 6.31. The molecule has 0 saturated carbocycles. The monoisotopic (exact) mass is 394 g/mol. The summed E-state index contributed by atoms with van der Waals surface area (Å²) in [5.74, 6) is 1.71. The van der Waals surface area contributed by atoms with Gasteiger partial charge in [-0.3, -0.25) is 4.79 Å². The molecule has 3 heterocycles. The molecule has 6 heteroatoms. The van der Waals surface area contributed by atoms with Crippen LogP contribution in [0.2, 0.25) is 0 Å². The van der Waals surface area contributed by atoms with E-state index >= 15 is 0 Å². The lowest BCUT2D eigenvalue weighted by Crippen LogP contribution is -2.47. The Bertz CT molecular complexity index is 850. The highest BCUT2D eigenvalue weighted by atomic mass is 16.5. The van der Waals surface area contributed by atoms with Crippen molar-refractivity contribution in [3.8, 4) is 5.75 Å². The van der Waals surface area contributed by atoms with Gasteiger partial charge in [0.15, 0.2) is 0 Å². The third-order valence-electron chi connectivity index (χ3n) is 5.80. The highest BCUT2D eigenvalue weighted by molar-refractivity contribution is 5.98. The van der Waals surface area contributed by atoms with Gasteiger partial charge in [0.25, 0.3) is 5.91 Å². The first-order valence-corrected chi connectivity index (χ1v) is 10.6. The minimum atomic E-state index is -0.0612. The van der Waals surface area contributed by atoms with E-state index in [4.69, 9.17) is 4.74 Å². The fourth-order valence-corrected chi connectivity index (χ4v) is 4.29. The third kappa shape index (κ3) is 4.16. The molecule has 1 aromatic heterocycles. The summed E-state index contributed by atoms with van der Waals surface area (Å²) in [4.78, 5) is 24.1. The molecular formula is C23H30N4O2. The van der Waals surface area contributed by atoms with Gasteiger partial charge in [0.05, 0.1) is 24.3 Å². The summed E-state index contributed by atoms with van der Waals surface area (Å²) in [6, 6.07) is 11.9. The summed E-state index contributed by atoms with van der Waals surface area (Å²) in [5.41, 5.74) is 1.81. The zero-order valence-corrected chi connectivity index (χ0v) is 17.4. The van der Waals surface area contributed by atoms with Crippen LogP contribution in [-0.2, 0) is 0 Å². The summed E-state index contributed by atoms with van der Waals surface area (Å²) >= 11 is 0. The molecule has 1 atom stereocenters. The molecule has 0 aliphatic carbocycles. The van der Waals surface area contributed by atoms with E-state index in [2.05, 4.69) is 27.8 Å². The molecule has 1 amide bonds. The van der Waals surface area contributed by atoms with Gasteiger partial charge in [0.2, 0.25) is 0 Å². The molecular weight excluding hydrogens is 364 g/mol. The second-order valence-electron chi connectivity index (χ2n) is 7.85. The first-order valence-electron chi connectivity index (χ1n) is 10.6. The number of pyridine rings is 1. The molecule has 2 aliphatic heterocycles. The molecule has 29 heavy (non-hydrogen) atoms. The van der Waals surface area contributed by atoms with Crippen molar-refractivity contribution in [2.75, 3.05) is 49.6 Å². The topological polar surface area (TPSA) is 48.9 Å². The average molecular weight is 395 g/mol. The van der Waals surface area contributed by atoms with Gasteiger partial charge in [0.1, 0.15) is 17.7 Å². The lowest BCUT2D eigenvalue weighted by Gasteiger charge is -2.37. The highest BCUT2D eigenvalue weighted by Crippen LogP contribution is 2.33. The van der Waals surface area contributed by atoms with Gasteiger partial charge in [-0.05, 0) is 50.5 Å². The van der Waals surface area contributed by atoms with Crippen molar-refractivity contribution in [2.45, 2.75) is 32.3 Å². The van der Waals surface area contributed by atoms with Crippen molar-refractivity contribution < 1.29 is 9.53 Å². The molecule has 1 saturated heterocycles. The van der Waals surface area contributed by atoms with Crippen molar-refractivity contribution in [1.29, 1.82) is 0 Å². The first kappa shape index (κ1) is 19.6. The quantitative estimate of drug-likeness (QED) is 0.778. The van der Waals surface area contributed by atoms with Crippen LogP contribution in [0.3, 0.4) is 0 Å². The zero-order valence-electron chi connectivity index (χ0n) is 17.4. The van der Waals surface area contributed by atoms with E-state index in [0.717, 1.165) is 56.3 Å². The van der Waals surface area contributed by atoms with E-state index in [-0.39, 0.29) is 12.0 Å². The molecule has 154 valence electrons. The Morgan fingerprint density at radius 1 is 1.17 bits per heavy atom. The van der Waals surface area contributed by atoms with E-state index in [1.165, 1.54) is 6.42 Å². The number of anilines is 2. The molecule has 4 rings (SSSR count). The normalized spacial score (nSPS) is 18.8. The van der Waals surface area contributed by atoms with Gasteiger partial charge < -0.3 is 19.4 Å². The number of fused-ring (bicyclic) bond motifs is 1. The molecule has 0 spiro atoms. The maximum Gasteiger partial charge on any atom is 0.257 e. The smallest absolute Gasteiger partial charge is 0.257 e. The number of carbonyl (C=O) groups excluding carboxylic acids is 1. The number of nitrogens with zero attached hydrogens (tertiary/aromatic N) is 4. The van der Waals surface area contributed by atoms with E-state index in [9.17, 15) is 4.79 Å². The number of amides is 1. The third-order valence-corrected chi connectivity index (χ3v) is 5.80. The number of benzene rings is 1. The van der Waals surface area contributed by atoms with E-state index in [1.807, 2.05) is 37.4 Å². The Balaban J connectivity index is 1.48. The van der Waals surface area contributed by atoms with Crippen LogP contribution < -0.4 is 14.5 Å². The fraction of sp³-hybridized carbons (Fsp3) is 0.478. The second kappa shape index (κ2) is 8.72. The van der Waals surface area contributed by atoms with Gasteiger partial charge in [-0.25, -0.2) is 4.98 Å². The van der Waals surface area contributed by atoms with Crippen LogP contribution in [0.5, 0.6) is 5.75 Å². The van der Waals surface area contributed by atoms with Gasteiger partial charge in [-0.15, -0.1) is 0 Å². The van der Waals surface area contributed by atoms with Crippen molar-refractivity contribution in [1.82, 2.24) is 9.88 Å². The number of likely N-dealkylation sites (N-methyl/N-ethyl adjacent to an activating group) is 2. The van der Waals surface area contributed by atoms with Crippen LogP contribution in [-0.4, -0.2) is 61.7 Å². The lowest BCUT2D eigenvalue weighted by molar-refractivity contribution is 0.0709. The van der Waals surface area contributed by atoms with Crippen molar-refractivity contribution in [2.24, 2.45) is 0 Å². The van der Waals surface area contributed by atoms with Gasteiger partial charge in [-0.1, -0.05) is 12.1 Å². The van der Waals surface area contributed by atoms with Crippen LogP contribution in [0.15, 0.2) is 42.6 Å². The Morgan fingerprint density at radius 2 is 1.97 bits per heavy atom. The highest BCUT2D eigenvalue weighted by Gasteiger charge is 2.28. The number of hydrogen-bond donors (Lipinski definition) is 0. The molecule has 2 aromatic rings. The molecule has 6 nitrogen and oxygen atoms in total. The Morgan fingerprint density at radius 3 is 2.76 bits per heavy atom. The minimum Gasteiger partial charge on any atom is -0.485 e. The Labute approximate surface area is 173 Å². The molecule has 0 bridgehead atoms. The summed E-state index contributed by atoms with van der Waals surface area (Å²) in [7, 11) is 1.86. The number of piperidine rings is 1. The fourth-order valence-electron chi connectivity index (χ4n) is 4.29. The van der Waals surface area contributed by atoms with E-state index < -0.39 is 0 Å². The molecule has 1 fully saturated rings. The van der Waals surface area contributed by atoms with Crippen LogP contribution in [0.25, 0.3) is 0 Å². The lowest BCUT2D eigenvalue weighted by atomic mass is 10.1. The molecule has 0 radical (unpaired) electrons. The van der Waals surface area contributed by atoms with E-state index in [1.54, 1.807) is 11.1 Å². The van der Waals surface area contributed by atoms with Crippen LogP contribution >= 0.6 is 0 Å². The summed E-state index contributed by atoms with van der Waals surface area (Å²) in [5, 5.41) is 0. The summed E-state index contributed by atoms with van der Waals surface area (Å²) in [6.07, 6.45) is 5.28. The standard InChI is InChI=1S/C23H30N4O2/c1-3-26-17-18(29-21-12-6-5-11-20(21)26)16-25(2)23(28)19-10-9-13-24-22(19)27-14-7-4-8-15-27/h5-6,9-13,18H,3-4,7-8,14-17H2,1-2H3. The van der Waals surface area contributed by atoms with Crippen molar-refractivity contribution in [3.63, 3.8) is 0 Å². The van der Waals surface area contributed by atoms with Crippen LogP contribution in [0.4, 0.5) is 11.5 Å². The first-order chi connectivity index (χ1) is 14.2. The minimum absolute atomic E-state index is 0.00387. The Kier molecular flexibility index (Phi) is 5.88. The number of rotatable bonds is 5. The van der Waals surface area contributed by atoms with Crippen molar-refractivity contribution >= 4 is 17.4 Å². The largest absolute Gasteiger partial charge is 0.485 e.